The van der Waals surface area contributed by atoms with Crippen LogP contribution in [0.5, 0.6) is 0 Å². The Morgan fingerprint density at radius 3 is 2.86 bits per heavy atom. The predicted octanol–water partition coefficient (Wildman–Crippen LogP) is 1.65. The van der Waals surface area contributed by atoms with E-state index in [4.69, 9.17) is 5.11 Å². The van der Waals surface area contributed by atoms with Crippen LogP contribution in [0.15, 0.2) is 18.3 Å². The number of urea groups is 1. The van der Waals surface area contributed by atoms with Crippen LogP contribution in [0, 0.1) is 0 Å². The molecule has 2 amide bonds. The fourth-order valence-electron chi connectivity index (χ4n) is 1.82. The second-order valence-corrected chi connectivity index (χ2v) is 5.45. The molecule has 3 N–H and O–H groups in total. The number of aliphatic carboxylic acids is 1. The molecule has 0 aliphatic heterocycles. The number of hydrogen-bond acceptors (Lipinski definition) is 4. The Balaban J connectivity index is 2.50. The van der Waals surface area contributed by atoms with Crippen LogP contribution in [0.2, 0.25) is 0 Å². The molecule has 0 radical (unpaired) electrons. The number of pyridine rings is 1. The Kier molecular flexibility index (Phi) is 7.60. The summed E-state index contributed by atoms with van der Waals surface area (Å²) < 4.78 is 0. The van der Waals surface area contributed by atoms with Gasteiger partial charge in [0.1, 0.15) is 6.04 Å². The van der Waals surface area contributed by atoms with Crippen molar-refractivity contribution in [2.24, 2.45) is 0 Å². The first-order valence-electron chi connectivity index (χ1n) is 6.77. The van der Waals surface area contributed by atoms with Crippen LogP contribution in [0.3, 0.4) is 0 Å². The Morgan fingerprint density at radius 2 is 2.24 bits per heavy atom. The highest BCUT2D eigenvalue weighted by Gasteiger charge is 2.19. The Bertz CT molecular complexity index is 482. The minimum Gasteiger partial charge on any atom is -0.480 e. The second-order valence-electron chi connectivity index (χ2n) is 4.46. The summed E-state index contributed by atoms with van der Waals surface area (Å²) in [6, 6.07) is 2.45. The number of rotatable bonds is 8. The molecule has 0 unspecified atom stereocenters. The molecule has 0 saturated heterocycles. The summed E-state index contributed by atoms with van der Waals surface area (Å²) in [5.41, 5.74) is 1.86. The molecule has 0 fully saturated rings. The van der Waals surface area contributed by atoms with Gasteiger partial charge in [-0.1, -0.05) is 13.0 Å². The number of thioether (sulfide) groups is 1. The summed E-state index contributed by atoms with van der Waals surface area (Å²) in [6.45, 7) is 2.30. The monoisotopic (exact) mass is 311 g/mol. The van der Waals surface area contributed by atoms with Crippen LogP contribution < -0.4 is 10.6 Å². The lowest BCUT2D eigenvalue weighted by Crippen LogP contribution is -2.46. The summed E-state index contributed by atoms with van der Waals surface area (Å²) in [7, 11) is 0. The number of carbonyl (C=O) groups is 2. The molecule has 1 atom stereocenters. The summed E-state index contributed by atoms with van der Waals surface area (Å²) >= 11 is 1.54. The van der Waals surface area contributed by atoms with Crippen molar-refractivity contribution < 1.29 is 14.7 Å². The first kappa shape index (κ1) is 17.3. The molecule has 1 rings (SSSR count). The van der Waals surface area contributed by atoms with Crippen LogP contribution >= 0.6 is 11.8 Å². The van der Waals surface area contributed by atoms with Gasteiger partial charge in [-0.3, -0.25) is 4.98 Å². The van der Waals surface area contributed by atoms with Crippen molar-refractivity contribution in [2.75, 3.05) is 12.0 Å². The summed E-state index contributed by atoms with van der Waals surface area (Å²) in [5, 5.41) is 14.2. The number of aromatic nitrogens is 1. The van der Waals surface area contributed by atoms with Crippen molar-refractivity contribution in [1.82, 2.24) is 15.6 Å². The molecule has 1 aromatic heterocycles. The number of carbonyl (C=O) groups excluding carboxylic acids is 1. The number of nitrogens with one attached hydrogen (secondary N) is 2. The average molecular weight is 311 g/mol. The van der Waals surface area contributed by atoms with Crippen LogP contribution in [0.4, 0.5) is 4.79 Å². The van der Waals surface area contributed by atoms with Crippen LogP contribution in [0.25, 0.3) is 0 Å². The van der Waals surface area contributed by atoms with Crippen LogP contribution in [0.1, 0.15) is 24.6 Å². The highest BCUT2D eigenvalue weighted by atomic mass is 32.2. The van der Waals surface area contributed by atoms with Gasteiger partial charge < -0.3 is 15.7 Å². The molecule has 6 nitrogen and oxygen atoms in total. The normalized spacial score (nSPS) is 11.7. The smallest absolute Gasteiger partial charge is 0.326 e. The Morgan fingerprint density at radius 1 is 1.48 bits per heavy atom. The molecule has 0 aliphatic rings. The van der Waals surface area contributed by atoms with Gasteiger partial charge in [0, 0.05) is 6.20 Å². The zero-order valence-corrected chi connectivity index (χ0v) is 13.1. The third-order valence-electron chi connectivity index (χ3n) is 3.00. The van der Waals surface area contributed by atoms with Crippen molar-refractivity contribution >= 4 is 23.8 Å². The van der Waals surface area contributed by atoms with Crippen LogP contribution in [-0.4, -0.2) is 40.1 Å². The molecular weight excluding hydrogens is 290 g/mol. The lowest BCUT2D eigenvalue weighted by molar-refractivity contribution is -0.139. The predicted molar refractivity (Wildman–Crippen MR) is 83.4 cm³/mol. The van der Waals surface area contributed by atoms with Gasteiger partial charge in [-0.2, -0.15) is 11.8 Å². The molecule has 0 saturated carbocycles. The minimum absolute atomic E-state index is 0.282. The summed E-state index contributed by atoms with van der Waals surface area (Å²) in [6.07, 6.45) is 4.80. The van der Waals surface area contributed by atoms with Gasteiger partial charge >= 0.3 is 12.0 Å². The Labute approximate surface area is 128 Å². The van der Waals surface area contributed by atoms with Gasteiger partial charge in [-0.05, 0) is 36.5 Å². The van der Waals surface area contributed by atoms with Crippen molar-refractivity contribution in [2.45, 2.75) is 32.4 Å². The number of nitrogens with zero attached hydrogens (tertiary/aromatic N) is 1. The third kappa shape index (κ3) is 6.03. The van der Waals surface area contributed by atoms with E-state index < -0.39 is 18.0 Å². The van der Waals surface area contributed by atoms with E-state index >= 15 is 0 Å². The van der Waals surface area contributed by atoms with E-state index in [1.165, 1.54) is 0 Å². The molecule has 116 valence electrons. The van der Waals surface area contributed by atoms with Gasteiger partial charge in [-0.15, -0.1) is 0 Å². The minimum atomic E-state index is -1.02. The van der Waals surface area contributed by atoms with E-state index in [-0.39, 0.29) is 6.54 Å². The van der Waals surface area contributed by atoms with Crippen molar-refractivity contribution in [3.8, 4) is 0 Å². The number of carboxylic acid groups (broad SMARTS) is 1. The summed E-state index contributed by atoms with van der Waals surface area (Å²) in [4.78, 5) is 27.0. The van der Waals surface area contributed by atoms with Gasteiger partial charge in [0.05, 0.1) is 12.2 Å². The quantitative estimate of drug-likeness (QED) is 0.679. The van der Waals surface area contributed by atoms with Gasteiger partial charge in [0.2, 0.25) is 0 Å². The van der Waals surface area contributed by atoms with E-state index in [1.807, 2.05) is 25.3 Å². The van der Waals surface area contributed by atoms with Crippen molar-refractivity contribution in [3.05, 3.63) is 29.6 Å². The number of aryl methyl sites for hydroxylation is 1. The lowest BCUT2D eigenvalue weighted by atomic mass is 10.1. The highest BCUT2D eigenvalue weighted by molar-refractivity contribution is 7.98. The van der Waals surface area contributed by atoms with E-state index in [1.54, 1.807) is 18.0 Å². The molecule has 1 heterocycles. The SMILES string of the molecule is CCc1cccnc1CNC(=O)N[C@H](CCSC)C(=O)O. The maximum absolute atomic E-state index is 11.8. The molecule has 0 aromatic carbocycles. The zero-order valence-electron chi connectivity index (χ0n) is 12.3. The highest BCUT2D eigenvalue weighted by Crippen LogP contribution is 2.05. The first-order valence-corrected chi connectivity index (χ1v) is 8.16. The third-order valence-corrected chi connectivity index (χ3v) is 3.64. The lowest BCUT2D eigenvalue weighted by Gasteiger charge is -2.15. The van der Waals surface area contributed by atoms with Gasteiger partial charge in [0.25, 0.3) is 0 Å². The van der Waals surface area contributed by atoms with E-state index in [2.05, 4.69) is 15.6 Å². The molecule has 21 heavy (non-hydrogen) atoms. The fraction of sp³-hybridized carbons (Fsp3) is 0.500. The second kappa shape index (κ2) is 9.23. The molecule has 0 bridgehead atoms. The maximum Gasteiger partial charge on any atom is 0.326 e. The molecule has 7 heteroatoms. The van der Waals surface area contributed by atoms with E-state index in [0.717, 1.165) is 17.7 Å². The van der Waals surface area contributed by atoms with E-state index in [9.17, 15) is 9.59 Å². The molecule has 0 spiro atoms. The first-order chi connectivity index (χ1) is 10.1. The fourth-order valence-corrected chi connectivity index (χ4v) is 2.29. The molecule has 0 aliphatic carbocycles. The number of amides is 2. The standard InChI is InChI=1S/C14H21N3O3S/c1-3-10-5-4-7-15-12(10)9-16-14(20)17-11(13(18)19)6-8-21-2/h4-5,7,11H,3,6,8-9H2,1-2H3,(H,18,19)(H2,16,17,20)/t11-/m1/s1. The van der Waals surface area contributed by atoms with Crippen molar-refractivity contribution in [1.29, 1.82) is 0 Å². The maximum atomic E-state index is 11.8. The van der Waals surface area contributed by atoms with E-state index in [0.29, 0.717) is 12.2 Å². The number of hydrogen-bond donors (Lipinski definition) is 3. The Hall–Kier alpha value is -1.76. The van der Waals surface area contributed by atoms with Crippen LogP contribution in [-0.2, 0) is 17.8 Å². The summed E-state index contributed by atoms with van der Waals surface area (Å²) in [5.74, 6) is -0.344. The molecule has 1 aromatic rings. The zero-order chi connectivity index (χ0) is 15.7. The number of carboxylic acids is 1. The largest absolute Gasteiger partial charge is 0.480 e. The topological polar surface area (TPSA) is 91.3 Å². The average Bonchev–Trinajstić information content (AvgIpc) is 2.49. The van der Waals surface area contributed by atoms with Gasteiger partial charge in [-0.25, -0.2) is 9.59 Å². The van der Waals surface area contributed by atoms with Gasteiger partial charge in [0.15, 0.2) is 0 Å². The van der Waals surface area contributed by atoms with Crippen molar-refractivity contribution in [3.63, 3.8) is 0 Å². The molecular formula is C14H21N3O3S.